The molecule has 20 heavy (non-hydrogen) atoms. The number of nitrogens with zero attached hydrogens (tertiary/aromatic N) is 1. The quantitative estimate of drug-likeness (QED) is 0.912. The van der Waals surface area contributed by atoms with E-state index in [1.165, 1.54) is 0 Å². The number of aromatic nitrogens is 2. The highest BCUT2D eigenvalue weighted by atomic mass is 35.5. The second-order valence-electron chi connectivity index (χ2n) is 4.67. The smallest absolute Gasteiger partial charge is 0.255 e. The molecule has 0 radical (unpaired) electrons. The van der Waals surface area contributed by atoms with Crippen LogP contribution in [0.15, 0.2) is 23.0 Å². The molecule has 6 heteroatoms. The first kappa shape index (κ1) is 13.0. The van der Waals surface area contributed by atoms with Crippen molar-refractivity contribution in [2.24, 2.45) is 0 Å². The Morgan fingerprint density at radius 3 is 3.00 bits per heavy atom. The third kappa shape index (κ3) is 2.36. The maximum Gasteiger partial charge on any atom is 0.255 e. The van der Waals surface area contributed by atoms with E-state index in [-0.39, 0.29) is 5.56 Å². The maximum atomic E-state index is 11.9. The molecule has 2 N–H and O–H groups in total. The number of rotatable bonds is 3. The molecule has 0 aliphatic heterocycles. The van der Waals surface area contributed by atoms with Crippen molar-refractivity contribution in [1.82, 2.24) is 9.97 Å². The Hall–Kier alpha value is -2.01. The van der Waals surface area contributed by atoms with Crippen LogP contribution in [-0.4, -0.2) is 17.1 Å². The number of halogens is 1. The molecule has 2 aromatic rings. The Morgan fingerprint density at radius 1 is 1.40 bits per heavy atom. The molecule has 0 bridgehead atoms. The number of aryl methyl sites for hydroxylation is 1. The average molecular weight is 292 g/mol. The third-order valence-electron chi connectivity index (χ3n) is 3.36. The highest BCUT2D eigenvalue weighted by Gasteiger charge is 2.17. The maximum absolute atomic E-state index is 11.9. The molecule has 0 saturated heterocycles. The van der Waals surface area contributed by atoms with Crippen LogP contribution in [0, 0.1) is 0 Å². The average Bonchev–Trinajstić information content (AvgIpc) is 2.88. The number of benzene rings is 1. The predicted molar refractivity (Wildman–Crippen MR) is 78.2 cm³/mol. The van der Waals surface area contributed by atoms with E-state index >= 15 is 0 Å². The predicted octanol–water partition coefficient (Wildman–Crippen LogP) is 2.66. The standard InChI is InChI=1S/C14H14ClN3O2/c1-20-12-6-5-8(7-10(12)15)16-14-17-11-4-2-3-9(11)13(19)18-14/h5-7H,2-4H2,1H3,(H2,16,17,18,19). The van der Waals surface area contributed by atoms with Gasteiger partial charge in [0.15, 0.2) is 0 Å². The highest BCUT2D eigenvalue weighted by Crippen LogP contribution is 2.28. The molecule has 5 nitrogen and oxygen atoms in total. The molecule has 1 aliphatic rings. The van der Waals surface area contributed by atoms with Gasteiger partial charge in [0.25, 0.3) is 5.56 Å². The fourth-order valence-corrected chi connectivity index (χ4v) is 2.64. The molecule has 1 aliphatic carbocycles. The Labute approximate surface area is 121 Å². The lowest BCUT2D eigenvalue weighted by molar-refractivity contribution is 0.415. The van der Waals surface area contributed by atoms with Crippen molar-refractivity contribution in [3.8, 4) is 5.75 Å². The van der Waals surface area contributed by atoms with Gasteiger partial charge in [0.05, 0.1) is 17.8 Å². The summed E-state index contributed by atoms with van der Waals surface area (Å²) >= 11 is 6.06. The van der Waals surface area contributed by atoms with Crippen molar-refractivity contribution in [3.63, 3.8) is 0 Å². The van der Waals surface area contributed by atoms with Crippen LogP contribution in [0.25, 0.3) is 0 Å². The van der Waals surface area contributed by atoms with Crippen molar-refractivity contribution < 1.29 is 4.74 Å². The number of nitrogens with one attached hydrogen (secondary N) is 2. The summed E-state index contributed by atoms with van der Waals surface area (Å²) in [6.07, 6.45) is 2.66. The van der Waals surface area contributed by atoms with E-state index in [4.69, 9.17) is 16.3 Å². The van der Waals surface area contributed by atoms with Crippen LogP contribution in [0.5, 0.6) is 5.75 Å². The molecule has 1 aromatic heterocycles. The van der Waals surface area contributed by atoms with Crippen molar-refractivity contribution in [3.05, 3.63) is 44.8 Å². The monoisotopic (exact) mass is 291 g/mol. The van der Waals surface area contributed by atoms with Gasteiger partial charge in [-0.2, -0.15) is 0 Å². The van der Waals surface area contributed by atoms with Gasteiger partial charge in [0, 0.05) is 11.3 Å². The Kier molecular flexibility index (Phi) is 3.36. The number of hydrogen-bond acceptors (Lipinski definition) is 4. The van der Waals surface area contributed by atoms with E-state index in [0.717, 1.165) is 36.2 Å². The van der Waals surface area contributed by atoms with Crippen LogP contribution in [0.4, 0.5) is 11.6 Å². The van der Waals surface area contributed by atoms with Crippen molar-refractivity contribution in [2.75, 3.05) is 12.4 Å². The van der Waals surface area contributed by atoms with Gasteiger partial charge in [-0.3, -0.25) is 9.78 Å². The van der Waals surface area contributed by atoms with Crippen molar-refractivity contribution in [2.45, 2.75) is 19.3 Å². The first-order valence-electron chi connectivity index (χ1n) is 6.40. The van der Waals surface area contributed by atoms with Gasteiger partial charge < -0.3 is 10.1 Å². The number of methoxy groups -OCH3 is 1. The molecule has 0 saturated carbocycles. The number of aromatic amines is 1. The summed E-state index contributed by atoms with van der Waals surface area (Å²) in [5.74, 6) is 1.05. The minimum atomic E-state index is -0.0605. The zero-order chi connectivity index (χ0) is 14.1. The van der Waals surface area contributed by atoms with Crippen LogP contribution in [0.3, 0.4) is 0 Å². The number of H-pyrrole nitrogens is 1. The molecular formula is C14H14ClN3O2. The Bertz CT molecular complexity index is 712. The lowest BCUT2D eigenvalue weighted by atomic mass is 10.2. The van der Waals surface area contributed by atoms with Gasteiger partial charge in [-0.25, -0.2) is 4.98 Å². The van der Waals surface area contributed by atoms with Crippen molar-refractivity contribution in [1.29, 1.82) is 0 Å². The van der Waals surface area contributed by atoms with E-state index < -0.39 is 0 Å². The van der Waals surface area contributed by atoms with Gasteiger partial charge in [-0.1, -0.05) is 11.6 Å². The summed E-state index contributed by atoms with van der Waals surface area (Å²) in [6.45, 7) is 0. The molecule has 0 amide bonds. The van der Waals surface area contributed by atoms with Gasteiger partial charge in [-0.05, 0) is 37.5 Å². The zero-order valence-electron chi connectivity index (χ0n) is 11.0. The van der Waals surface area contributed by atoms with Crippen LogP contribution in [-0.2, 0) is 12.8 Å². The second-order valence-corrected chi connectivity index (χ2v) is 5.07. The molecule has 0 spiro atoms. The number of hydrogen-bond donors (Lipinski definition) is 2. The number of fused-ring (bicyclic) bond motifs is 1. The summed E-state index contributed by atoms with van der Waals surface area (Å²) in [7, 11) is 1.56. The number of anilines is 2. The van der Waals surface area contributed by atoms with Gasteiger partial charge in [-0.15, -0.1) is 0 Å². The molecule has 3 rings (SSSR count). The van der Waals surface area contributed by atoms with Gasteiger partial charge in [0.2, 0.25) is 5.95 Å². The summed E-state index contributed by atoms with van der Waals surface area (Å²) in [5.41, 5.74) is 2.38. The van der Waals surface area contributed by atoms with Gasteiger partial charge >= 0.3 is 0 Å². The summed E-state index contributed by atoms with van der Waals surface area (Å²) < 4.78 is 5.10. The van der Waals surface area contributed by atoms with E-state index in [2.05, 4.69) is 15.3 Å². The molecule has 0 atom stereocenters. The normalized spacial score (nSPS) is 13.1. The summed E-state index contributed by atoms with van der Waals surface area (Å²) in [6, 6.07) is 5.31. The van der Waals surface area contributed by atoms with Crippen LogP contribution >= 0.6 is 11.6 Å². The molecule has 0 unspecified atom stereocenters. The summed E-state index contributed by atoms with van der Waals surface area (Å²) in [4.78, 5) is 19.1. The minimum absolute atomic E-state index is 0.0605. The van der Waals surface area contributed by atoms with E-state index in [1.807, 2.05) is 6.07 Å². The summed E-state index contributed by atoms with van der Waals surface area (Å²) in [5, 5.41) is 3.56. The van der Waals surface area contributed by atoms with E-state index in [1.54, 1.807) is 19.2 Å². The first-order valence-corrected chi connectivity index (χ1v) is 6.78. The molecular weight excluding hydrogens is 278 g/mol. The third-order valence-corrected chi connectivity index (χ3v) is 3.65. The molecule has 1 heterocycles. The van der Waals surface area contributed by atoms with Crippen molar-refractivity contribution >= 4 is 23.2 Å². The van der Waals surface area contributed by atoms with Crippen LogP contribution in [0.2, 0.25) is 5.02 Å². The fourth-order valence-electron chi connectivity index (χ4n) is 2.38. The minimum Gasteiger partial charge on any atom is -0.495 e. The number of ether oxygens (including phenoxy) is 1. The zero-order valence-corrected chi connectivity index (χ0v) is 11.8. The topological polar surface area (TPSA) is 67.0 Å². The highest BCUT2D eigenvalue weighted by molar-refractivity contribution is 6.32. The second kappa shape index (κ2) is 5.17. The Balaban J connectivity index is 1.90. The van der Waals surface area contributed by atoms with Gasteiger partial charge in [0.1, 0.15) is 5.75 Å². The van der Waals surface area contributed by atoms with E-state index in [0.29, 0.717) is 16.7 Å². The lowest BCUT2D eigenvalue weighted by Gasteiger charge is -2.09. The van der Waals surface area contributed by atoms with Crippen LogP contribution < -0.4 is 15.6 Å². The molecule has 1 aromatic carbocycles. The first-order chi connectivity index (χ1) is 9.67. The van der Waals surface area contributed by atoms with Crippen LogP contribution in [0.1, 0.15) is 17.7 Å². The Morgan fingerprint density at radius 2 is 2.25 bits per heavy atom. The largest absolute Gasteiger partial charge is 0.495 e. The van der Waals surface area contributed by atoms with E-state index in [9.17, 15) is 4.79 Å². The fraction of sp³-hybridized carbons (Fsp3) is 0.286. The SMILES string of the molecule is COc1ccc(Nc2nc3c(c(=O)[nH]2)CCC3)cc1Cl. The lowest BCUT2D eigenvalue weighted by Crippen LogP contribution is -2.16. The molecule has 0 fully saturated rings. The molecule has 104 valence electrons.